The Bertz CT molecular complexity index is 265. The Hall–Kier alpha value is -1.02. The maximum absolute atomic E-state index is 5.61. The fourth-order valence-electron chi connectivity index (χ4n) is 1.76. The molecule has 0 radical (unpaired) electrons. The standard InChI is InChI=1S/C15H28N2/c1-5-10-17(11-6-2)12-8-7-9-14(3)13-15(4)16/h7-9,13H,5-6,10-12,16H2,1-4H3/b8-7-,14-9-,15-13+. The number of rotatable bonds is 8. The summed E-state index contributed by atoms with van der Waals surface area (Å²) in [7, 11) is 0. The van der Waals surface area contributed by atoms with Gasteiger partial charge in [-0.05, 0) is 51.4 Å². The average Bonchev–Trinajstić information content (AvgIpc) is 2.24. The Balaban J connectivity index is 4.11. The van der Waals surface area contributed by atoms with Gasteiger partial charge in [-0.3, -0.25) is 4.90 Å². The van der Waals surface area contributed by atoms with Crippen molar-refractivity contribution in [3.63, 3.8) is 0 Å². The van der Waals surface area contributed by atoms with Gasteiger partial charge in [0.25, 0.3) is 0 Å². The minimum atomic E-state index is 0.853. The van der Waals surface area contributed by atoms with Crippen LogP contribution in [0.25, 0.3) is 0 Å². The van der Waals surface area contributed by atoms with Crippen molar-refractivity contribution in [1.29, 1.82) is 0 Å². The van der Waals surface area contributed by atoms with Crippen LogP contribution in [0.5, 0.6) is 0 Å². The fourth-order valence-corrected chi connectivity index (χ4v) is 1.76. The lowest BCUT2D eigenvalue weighted by molar-refractivity contribution is 0.303. The normalized spacial score (nSPS) is 13.9. The molecule has 0 aromatic heterocycles. The highest BCUT2D eigenvalue weighted by molar-refractivity contribution is 5.23. The third-order valence-electron chi connectivity index (χ3n) is 2.39. The summed E-state index contributed by atoms with van der Waals surface area (Å²) in [4.78, 5) is 2.48. The number of hydrogen-bond donors (Lipinski definition) is 1. The molecule has 0 saturated carbocycles. The molecule has 0 atom stereocenters. The van der Waals surface area contributed by atoms with Crippen LogP contribution in [-0.4, -0.2) is 24.5 Å². The molecule has 2 nitrogen and oxygen atoms in total. The number of hydrogen-bond acceptors (Lipinski definition) is 2. The largest absolute Gasteiger partial charge is 0.402 e. The molecular formula is C15H28N2. The van der Waals surface area contributed by atoms with Gasteiger partial charge in [-0.15, -0.1) is 0 Å². The van der Waals surface area contributed by atoms with Gasteiger partial charge in [-0.1, -0.05) is 32.1 Å². The predicted molar refractivity (Wildman–Crippen MR) is 77.9 cm³/mol. The van der Waals surface area contributed by atoms with E-state index in [0.717, 1.165) is 12.2 Å². The number of nitrogens with two attached hydrogens (primary N) is 1. The van der Waals surface area contributed by atoms with E-state index in [1.165, 1.54) is 31.5 Å². The van der Waals surface area contributed by atoms with Crippen molar-refractivity contribution in [3.05, 3.63) is 35.6 Å². The molecule has 0 aliphatic rings. The number of nitrogens with zero attached hydrogens (tertiary/aromatic N) is 1. The minimum absolute atomic E-state index is 0.853. The third kappa shape index (κ3) is 9.88. The zero-order valence-electron chi connectivity index (χ0n) is 11.9. The summed E-state index contributed by atoms with van der Waals surface area (Å²) >= 11 is 0. The van der Waals surface area contributed by atoms with Crippen LogP contribution in [0.15, 0.2) is 35.6 Å². The van der Waals surface area contributed by atoms with Crippen molar-refractivity contribution in [2.45, 2.75) is 40.5 Å². The Morgan fingerprint density at radius 3 is 2.18 bits per heavy atom. The summed E-state index contributed by atoms with van der Waals surface area (Å²) < 4.78 is 0. The van der Waals surface area contributed by atoms with Crippen molar-refractivity contribution < 1.29 is 0 Å². The van der Waals surface area contributed by atoms with Crippen LogP contribution < -0.4 is 5.73 Å². The quantitative estimate of drug-likeness (QED) is 0.654. The van der Waals surface area contributed by atoms with Gasteiger partial charge in [0.05, 0.1) is 0 Å². The Kier molecular flexibility index (Phi) is 9.55. The molecule has 0 amide bonds. The monoisotopic (exact) mass is 236 g/mol. The van der Waals surface area contributed by atoms with Crippen LogP contribution in [0.2, 0.25) is 0 Å². The molecular weight excluding hydrogens is 208 g/mol. The van der Waals surface area contributed by atoms with E-state index in [1.54, 1.807) is 0 Å². The Morgan fingerprint density at radius 1 is 1.12 bits per heavy atom. The first-order valence-electron chi connectivity index (χ1n) is 6.59. The van der Waals surface area contributed by atoms with Crippen LogP contribution in [0.3, 0.4) is 0 Å². The summed E-state index contributed by atoms with van der Waals surface area (Å²) in [5.41, 5.74) is 7.66. The summed E-state index contributed by atoms with van der Waals surface area (Å²) in [5, 5.41) is 0. The molecule has 0 spiro atoms. The van der Waals surface area contributed by atoms with Gasteiger partial charge in [0.2, 0.25) is 0 Å². The molecule has 0 heterocycles. The lowest BCUT2D eigenvalue weighted by Gasteiger charge is -2.18. The van der Waals surface area contributed by atoms with E-state index in [-0.39, 0.29) is 0 Å². The highest BCUT2D eigenvalue weighted by Gasteiger charge is 1.97. The predicted octanol–water partition coefficient (Wildman–Crippen LogP) is 3.47. The third-order valence-corrected chi connectivity index (χ3v) is 2.39. The number of allylic oxidation sites excluding steroid dienone is 5. The fraction of sp³-hybridized carbons (Fsp3) is 0.600. The molecule has 0 aromatic carbocycles. The first-order valence-corrected chi connectivity index (χ1v) is 6.59. The molecule has 0 saturated heterocycles. The highest BCUT2D eigenvalue weighted by atomic mass is 15.1. The van der Waals surface area contributed by atoms with Crippen molar-refractivity contribution in [3.8, 4) is 0 Å². The van der Waals surface area contributed by atoms with Crippen molar-refractivity contribution in [2.75, 3.05) is 19.6 Å². The molecule has 0 aliphatic heterocycles. The lowest BCUT2D eigenvalue weighted by Crippen LogP contribution is -2.25. The summed E-state index contributed by atoms with van der Waals surface area (Å²) in [6.07, 6.45) is 10.9. The van der Waals surface area contributed by atoms with E-state index < -0.39 is 0 Å². The minimum Gasteiger partial charge on any atom is -0.402 e. The van der Waals surface area contributed by atoms with E-state index >= 15 is 0 Å². The summed E-state index contributed by atoms with van der Waals surface area (Å²) in [6, 6.07) is 0. The smallest absolute Gasteiger partial charge is 0.0166 e. The van der Waals surface area contributed by atoms with Crippen LogP contribution in [-0.2, 0) is 0 Å². The van der Waals surface area contributed by atoms with Gasteiger partial charge in [0, 0.05) is 12.2 Å². The average molecular weight is 236 g/mol. The van der Waals surface area contributed by atoms with Crippen LogP contribution in [0.1, 0.15) is 40.5 Å². The van der Waals surface area contributed by atoms with E-state index in [2.05, 4.69) is 43.9 Å². The van der Waals surface area contributed by atoms with Crippen molar-refractivity contribution >= 4 is 0 Å². The highest BCUT2D eigenvalue weighted by Crippen LogP contribution is 1.99. The van der Waals surface area contributed by atoms with Gasteiger partial charge >= 0.3 is 0 Å². The first-order chi connectivity index (χ1) is 8.10. The van der Waals surface area contributed by atoms with E-state index in [4.69, 9.17) is 5.73 Å². The van der Waals surface area contributed by atoms with Gasteiger partial charge < -0.3 is 5.73 Å². The van der Waals surface area contributed by atoms with Crippen LogP contribution in [0.4, 0.5) is 0 Å². The molecule has 0 rings (SSSR count). The topological polar surface area (TPSA) is 29.3 Å². The second kappa shape index (κ2) is 10.2. The zero-order valence-corrected chi connectivity index (χ0v) is 11.9. The SMILES string of the molecule is CCCN(C\C=C/C=C(C)\C=C(/C)N)CCC. The molecule has 17 heavy (non-hydrogen) atoms. The van der Waals surface area contributed by atoms with Crippen molar-refractivity contribution in [1.82, 2.24) is 4.90 Å². The summed E-state index contributed by atoms with van der Waals surface area (Å²) in [5.74, 6) is 0. The molecule has 0 aromatic rings. The van der Waals surface area contributed by atoms with Gasteiger partial charge in [-0.25, -0.2) is 0 Å². The van der Waals surface area contributed by atoms with Gasteiger partial charge in [0.1, 0.15) is 0 Å². The maximum atomic E-state index is 5.61. The lowest BCUT2D eigenvalue weighted by atomic mass is 10.2. The van der Waals surface area contributed by atoms with E-state index in [9.17, 15) is 0 Å². The van der Waals surface area contributed by atoms with Gasteiger partial charge in [-0.2, -0.15) is 0 Å². The molecule has 2 N–H and O–H groups in total. The van der Waals surface area contributed by atoms with Gasteiger partial charge in [0.15, 0.2) is 0 Å². The van der Waals surface area contributed by atoms with Crippen LogP contribution >= 0.6 is 0 Å². The first kappa shape index (κ1) is 16.0. The molecule has 2 heteroatoms. The maximum Gasteiger partial charge on any atom is 0.0166 e. The van der Waals surface area contributed by atoms with Crippen molar-refractivity contribution in [2.24, 2.45) is 5.73 Å². The van der Waals surface area contributed by atoms with E-state index in [1.807, 2.05) is 13.0 Å². The second-order valence-electron chi connectivity index (χ2n) is 4.53. The van der Waals surface area contributed by atoms with Crippen LogP contribution in [0, 0.1) is 0 Å². The summed E-state index contributed by atoms with van der Waals surface area (Å²) in [6.45, 7) is 11.8. The van der Waals surface area contributed by atoms with E-state index in [0.29, 0.717) is 0 Å². The molecule has 0 fully saturated rings. The molecule has 0 bridgehead atoms. The Morgan fingerprint density at radius 2 is 1.71 bits per heavy atom. The Labute approximate surface area is 107 Å². The second-order valence-corrected chi connectivity index (χ2v) is 4.53. The molecule has 0 unspecified atom stereocenters. The molecule has 98 valence electrons. The molecule has 0 aliphatic carbocycles. The zero-order chi connectivity index (χ0) is 13.1.